The molecule has 1 aliphatic heterocycles. The van der Waals surface area contributed by atoms with Gasteiger partial charge in [0.2, 0.25) is 0 Å². The van der Waals surface area contributed by atoms with Crippen molar-refractivity contribution < 1.29 is 38.4 Å². The second kappa shape index (κ2) is 9.06. The summed E-state index contributed by atoms with van der Waals surface area (Å²) in [6, 6.07) is 0. The van der Waals surface area contributed by atoms with Gasteiger partial charge < -0.3 is 24.1 Å². The van der Waals surface area contributed by atoms with E-state index >= 15 is 0 Å². The number of carboxylic acid groups (broad SMARTS) is 1. The van der Waals surface area contributed by atoms with Crippen LogP contribution in [0, 0.1) is 5.92 Å². The Hall–Kier alpha value is -1.19. The zero-order chi connectivity index (χ0) is 16.7. The summed E-state index contributed by atoms with van der Waals surface area (Å²) in [4.78, 5) is 33.5. The first kappa shape index (κ1) is 18.9. The van der Waals surface area contributed by atoms with Crippen molar-refractivity contribution in [3.8, 4) is 0 Å². The smallest absolute Gasteiger partial charge is 0.303 e. The lowest BCUT2D eigenvalue weighted by Gasteiger charge is -2.40. The van der Waals surface area contributed by atoms with Crippen LogP contribution >= 0.6 is 15.9 Å². The predicted octanol–water partition coefficient (Wildman–Crippen LogP) is 0.708. The second-order valence-corrected chi connectivity index (χ2v) is 5.56. The van der Waals surface area contributed by atoms with Crippen molar-refractivity contribution in [3.05, 3.63) is 0 Å². The highest BCUT2D eigenvalue weighted by atomic mass is 79.9. The quantitative estimate of drug-likeness (QED) is 0.506. The minimum Gasteiger partial charge on any atom is -0.481 e. The molecule has 0 aromatic carbocycles. The van der Waals surface area contributed by atoms with Crippen LogP contribution in [0.25, 0.3) is 0 Å². The molecule has 0 aromatic rings. The van der Waals surface area contributed by atoms with Crippen LogP contribution in [-0.2, 0) is 33.3 Å². The number of carboxylic acids is 1. The van der Waals surface area contributed by atoms with Crippen LogP contribution in [0.1, 0.15) is 20.3 Å². The highest BCUT2D eigenvalue weighted by molar-refractivity contribution is 9.09. The van der Waals surface area contributed by atoms with E-state index in [4.69, 9.17) is 24.1 Å². The minimum absolute atomic E-state index is 0.0228. The maximum absolute atomic E-state index is 11.3. The maximum atomic E-state index is 11.3. The van der Waals surface area contributed by atoms with Gasteiger partial charge in [-0.15, -0.1) is 0 Å². The second-order valence-electron chi connectivity index (χ2n) is 4.77. The molecule has 1 N–H and O–H groups in total. The van der Waals surface area contributed by atoms with Crippen molar-refractivity contribution in [1.29, 1.82) is 0 Å². The molecule has 1 rings (SSSR count). The topological polar surface area (TPSA) is 108 Å². The molecule has 22 heavy (non-hydrogen) atoms. The number of carbonyl (C=O) groups is 3. The molecule has 1 heterocycles. The Kier molecular flexibility index (Phi) is 7.77. The molecule has 0 spiro atoms. The number of rotatable bonds is 7. The number of esters is 2. The number of alkyl halides is 1. The lowest BCUT2D eigenvalue weighted by atomic mass is 9.92. The van der Waals surface area contributed by atoms with Gasteiger partial charge >= 0.3 is 17.9 Å². The Labute approximate surface area is 136 Å². The molecule has 0 saturated carbocycles. The van der Waals surface area contributed by atoms with Crippen molar-refractivity contribution in [2.45, 2.75) is 38.8 Å². The Morgan fingerprint density at radius 2 is 1.77 bits per heavy atom. The Morgan fingerprint density at radius 1 is 1.18 bits per heavy atom. The van der Waals surface area contributed by atoms with Gasteiger partial charge in [0.05, 0.1) is 19.6 Å². The molecule has 1 aliphatic rings. The first-order chi connectivity index (χ1) is 10.3. The summed E-state index contributed by atoms with van der Waals surface area (Å²) in [6.45, 7) is 2.72. The molecule has 0 bridgehead atoms. The molecule has 0 aromatic heterocycles. The van der Waals surface area contributed by atoms with E-state index < -0.39 is 42.3 Å². The van der Waals surface area contributed by atoms with Gasteiger partial charge in [-0.3, -0.25) is 14.4 Å². The van der Waals surface area contributed by atoms with Crippen LogP contribution < -0.4 is 0 Å². The molecule has 0 unspecified atom stereocenters. The molecular weight excluding hydrogens is 364 g/mol. The lowest BCUT2D eigenvalue weighted by molar-refractivity contribution is -0.268. The summed E-state index contributed by atoms with van der Waals surface area (Å²) < 4.78 is 21.2. The van der Waals surface area contributed by atoms with Crippen LogP contribution in [0.4, 0.5) is 0 Å². The largest absolute Gasteiger partial charge is 0.481 e. The Balaban J connectivity index is 2.95. The van der Waals surface area contributed by atoms with Gasteiger partial charge in [0.15, 0.2) is 12.4 Å². The third-order valence-electron chi connectivity index (χ3n) is 2.93. The van der Waals surface area contributed by atoms with Gasteiger partial charge in [0.25, 0.3) is 0 Å². The van der Waals surface area contributed by atoms with Crippen LogP contribution in [0.3, 0.4) is 0 Å². The molecule has 0 amide bonds. The van der Waals surface area contributed by atoms with Gasteiger partial charge in [-0.25, -0.2) is 0 Å². The monoisotopic (exact) mass is 382 g/mol. The molecule has 1 fully saturated rings. The maximum Gasteiger partial charge on any atom is 0.303 e. The van der Waals surface area contributed by atoms with Gasteiger partial charge in [-0.2, -0.15) is 0 Å². The molecular formula is C13H19BrO8. The first-order valence-electron chi connectivity index (χ1n) is 6.70. The average Bonchev–Trinajstić information content (AvgIpc) is 2.40. The normalized spacial score (nSPS) is 28.0. The fraction of sp³-hybridized carbons (Fsp3) is 0.769. The third kappa shape index (κ3) is 5.90. The summed E-state index contributed by atoms with van der Waals surface area (Å²) >= 11 is 3.20. The highest BCUT2D eigenvalue weighted by Crippen LogP contribution is 2.29. The summed E-state index contributed by atoms with van der Waals surface area (Å²) in [6.07, 6.45) is -3.15. The summed E-state index contributed by atoms with van der Waals surface area (Å²) in [5, 5.41) is 9.49. The number of hydrogen-bond donors (Lipinski definition) is 1. The average molecular weight is 383 g/mol. The number of hydrogen-bond acceptors (Lipinski definition) is 7. The molecule has 4 atom stereocenters. The summed E-state index contributed by atoms with van der Waals surface area (Å²) in [7, 11) is 0. The molecule has 0 radical (unpaired) electrons. The number of aliphatic carboxylic acids is 1. The Morgan fingerprint density at radius 3 is 2.27 bits per heavy atom. The van der Waals surface area contributed by atoms with E-state index in [-0.39, 0.29) is 13.0 Å². The fourth-order valence-corrected chi connectivity index (χ4v) is 2.39. The van der Waals surface area contributed by atoms with Crippen molar-refractivity contribution in [3.63, 3.8) is 0 Å². The molecule has 126 valence electrons. The summed E-state index contributed by atoms with van der Waals surface area (Å²) in [5.41, 5.74) is 0. The summed E-state index contributed by atoms with van der Waals surface area (Å²) in [5.74, 6) is -2.89. The van der Waals surface area contributed by atoms with Crippen molar-refractivity contribution in [2.75, 3.05) is 18.5 Å². The van der Waals surface area contributed by atoms with E-state index in [0.29, 0.717) is 11.9 Å². The van der Waals surface area contributed by atoms with Crippen molar-refractivity contribution in [1.82, 2.24) is 0 Å². The zero-order valence-corrected chi connectivity index (χ0v) is 13.9. The van der Waals surface area contributed by atoms with E-state index in [1.54, 1.807) is 0 Å². The van der Waals surface area contributed by atoms with E-state index in [9.17, 15) is 14.4 Å². The van der Waals surface area contributed by atoms with Gasteiger partial charge in [0.1, 0.15) is 6.10 Å². The predicted molar refractivity (Wildman–Crippen MR) is 76.3 cm³/mol. The third-order valence-corrected chi connectivity index (χ3v) is 3.26. The Bertz CT molecular complexity index is 413. The van der Waals surface area contributed by atoms with E-state index in [0.717, 1.165) is 0 Å². The van der Waals surface area contributed by atoms with Crippen LogP contribution in [0.15, 0.2) is 0 Å². The van der Waals surface area contributed by atoms with Gasteiger partial charge in [-0.1, -0.05) is 15.9 Å². The molecule has 9 heteroatoms. The van der Waals surface area contributed by atoms with E-state index in [1.807, 2.05) is 0 Å². The number of halogens is 1. The lowest BCUT2D eigenvalue weighted by Crippen LogP contribution is -2.55. The molecule has 0 aliphatic carbocycles. The van der Waals surface area contributed by atoms with E-state index in [1.165, 1.54) is 13.8 Å². The molecule has 1 saturated heterocycles. The van der Waals surface area contributed by atoms with Crippen LogP contribution in [-0.4, -0.2) is 60.1 Å². The van der Waals surface area contributed by atoms with Gasteiger partial charge in [-0.05, 0) is 0 Å². The van der Waals surface area contributed by atoms with E-state index in [2.05, 4.69) is 15.9 Å². The van der Waals surface area contributed by atoms with Crippen molar-refractivity contribution >= 4 is 33.8 Å². The fourth-order valence-electron chi connectivity index (χ4n) is 2.20. The minimum atomic E-state index is -1.06. The van der Waals surface area contributed by atoms with Crippen molar-refractivity contribution in [2.24, 2.45) is 5.92 Å². The molecule has 8 nitrogen and oxygen atoms in total. The van der Waals surface area contributed by atoms with Crippen LogP contribution in [0.5, 0.6) is 0 Å². The van der Waals surface area contributed by atoms with Crippen LogP contribution in [0.2, 0.25) is 0 Å². The first-order valence-corrected chi connectivity index (χ1v) is 7.82. The standard InChI is InChI=1S/C13H19BrO8/c1-7(15)21-11-9(5-10(17)18)6-20-13(19-4-3-14)12(11)22-8(2)16/h9,11-13H,3-6H2,1-2H3,(H,17,18)/t9-,11-,12+,13-/m0/s1. The number of carbonyl (C=O) groups excluding carboxylic acids is 2. The number of ether oxygens (including phenoxy) is 4. The highest BCUT2D eigenvalue weighted by Gasteiger charge is 2.46. The SMILES string of the molecule is CC(=O)O[C@H]1[C@@H](CC(=O)O)CO[C@H](OCCBr)[C@@H]1OC(C)=O. The van der Waals surface area contributed by atoms with Gasteiger partial charge in [0, 0.05) is 25.1 Å². The zero-order valence-electron chi connectivity index (χ0n) is 12.3.